The van der Waals surface area contributed by atoms with Crippen LogP contribution in [0.25, 0.3) is 0 Å². The molecule has 7 heteroatoms. The number of hydrogen-bond donors (Lipinski definition) is 0. The first kappa shape index (κ1) is 18.0. The molecule has 0 saturated carbocycles. The molecule has 1 atom stereocenters. The number of thiophene rings is 1. The van der Waals surface area contributed by atoms with Gasteiger partial charge in [0.25, 0.3) is 5.69 Å². The molecular formula is C20H23N3O3S. The normalized spacial score (nSPS) is 20.8. The van der Waals surface area contributed by atoms with Gasteiger partial charge in [0.05, 0.1) is 11.0 Å². The first-order chi connectivity index (χ1) is 13.1. The Balaban J connectivity index is 1.42. The first-order valence-electron chi connectivity index (χ1n) is 9.46. The molecule has 0 spiro atoms. The van der Waals surface area contributed by atoms with Crippen LogP contribution in [-0.4, -0.2) is 35.4 Å². The van der Waals surface area contributed by atoms with Crippen molar-refractivity contribution in [1.82, 2.24) is 4.90 Å². The molecule has 1 amide bonds. The highest BCUT2D eigenvalue weighted by molar-refractivity contribution is 7.08. The SMILES string of the molecule is O=C(C1CCN(c2ccccc2[N+](=O)[O-])CC1)N1CCC[C@H]1c1ccsc1. The van der Waals surface area contributed by atoms with E-state index in [0.717, 1.165) is 32.2 Å². The summed E-state index contributed by atoms with van der Waals surface area (Å²) in [6.45, 7) is 2.19. The molecule has 2 saturated heterocycles. The van der Waals surface area contributed by atoms with Crippen molar-refractivity contribution in [1.29, 1.82) is 0 Å². The number of piperidine rings is 1. The van der Waals surface area contributed by atoms with Crippen LogP contribution in [0.3, 0.4) is 0 Å². The highest BCUT2D eigenvalue weighted by Gasteiger charge is 2.36. The second-order valence-electron chi connectivity index (χ2n) is 7.25. The number of amides is 1. The number of nitro groups is 1. The number of rotatable bonds is 4. The van der Waals surface area contributed by atoms with Gasteiger partial charge in [0, 0.05) is 31.6 Å². The lowest BCUT2D eigenvalue weighted by molar-refractivity contribution is -0.384. The van der Waals surface area contributed by atoms with Crippen LogP contribution in [0.1, 0.15) is 37.3 Å². The standard InChI is InChI=1S/C20H23N3O3S/c24-20(22-10-3-6-17(22)16-9-13-27-14-16)15-7-11-21(12-8-15)18-4-1-2-5-19(18)23(25)26/h1-2,4-5,9,13-15,17H,3,6-8,10-12H2/t17-/m0/s1. The van der Waals surface area contributed by atoms with E-state index >= 15 is 0 Å². The fraction of sp³-hybridized carbons (Fsp3) is 0.450. The Hall–Kier alpha value is -2.41. The van der Waals surface area contributed by atoms with E-state index in [4.69, 9.17) is 0 Å². The van der Waals surface area contributed by atoms with Gasteiger partial charge < -0.3 is 9.80 Å². The van der Waals surface area contributed by atoms with Crippen LogP contribution in [0.4, 0.5) is 11.4 Å². The Morgan fingerprint density at radius 1 is 1.11 bits per heavy atom. The number of likely N-dealkylation sites (tertiary alicyclic amines) is 1. The van der Waals surface area contributed by atoms with Gasteiger partial charge >= 0.3 is 0 Å². The molecule has 2 fully saturated rings. The third-order valence-electron chi connectivity index (χ3n) is 5.73. The van der Waals surface area contributed by atoms with Crippen LogP contribution >= 0.6 is 11.3 Å². The minimum Gasteiger partial charge on any atom is -0.366 e. The molecule has 0 N–H and O–H groups in total. The fourth-order valence-corrected chi connectivity index (χ4v) is 5.04. The van der Waals surface area contributed by atoms with Crippen LogP contribution in [0.15, 0.2) is 41.1 Å². The minimum absolute atomic E-state index is 0.0169. The maximum Gasteiger partial charge on any atom is 0.292 e. The predicted molar refractivity (Wildman–Crippen MR) is 106 cm³/mol. The van der Waals surface area contributed by atoms with Crippen molar-refractivity contribution in [3.63, 3.8) is 0 Å². The number of hydrogen-bond acceptors (Lipinski definition) is 5. The fourth-order valence-electron chi connectivity index (χ4n) is 4.33. The summed E-state index contributed by atoms with van der Waals surface area (Å²) in [4.78, 5) is 28.2. The minimum atomic E-state index is -0.331. The molecular weight excluding hydrogens is 362 g/mol. The molecule has 0 radical (unpaired) electrons. The van der Waals surface area contributed by atoms with Gasteiger partial charge in [-0.2, -0.15) is 11.3 Å². The number of anilines is 1. The zero-order chi connectivity index (χ0) is 18.8. The lowest BCUT2D eigenvalue weighted by Gasteiger charge is -2.35. The van der Waals surface area contributed by atoms with Crippen LogP contribution in [0.2, 0.25) is 0 Å². The van der Waals surface area contributed by atoms with E-state index < -0.39 is 0 Å². The largest absolute Gasteiger partial charge is 0.366 e. The molecule has 0 bridgehead atoms. The molecule has 2 aliphatic rings. The quantitative estimate of drug-likeness (QED) is 0.583. The average Bonchev–Trinajstić information content (AvgIpc) is 3.39. The molecule has 6 nitrogen and oxygen atoms in total. The topological polar surface area (TPSA) is 66.7 Å². The summed E-state index contributed by atoms with van der Waals surface area (Å²) < 4.78 is 0. The number of carbonyl (C=O) groups is 1. The van der Waals surface area contributed by atoms with Crippen molar-refractivity contribution in [2.75, 3.05) is 24.5 Å². The summed E-state index contributed by atoms with van der Waals surface area (Å²) in [6, 6.07) is 9.20. The van der Waals surface area contributed by atoms with Crippen molar-refractivity contribution >= 4 is 28.6 Å². The average molecular weight is 385 g/mol. The molecule has 27 heavy (non-hydrogen) atoms. The van der Waals surface area contributed by atoms with Gasteiger partial charge in [-0.1, -0.05) is 12.1 Å². The summed E-state index contributed by atoms with van der Waals surface area (Å²) in [7, 11) is 0. The van der Waals surface area contributed by atoms with Gasteiger partial charge in [-0.15, -0.1) is 0 Å². The zero-order valence-electron chi connectivity index (χ0n) is 15.1. The van der Waals surface area contributed by atoms with Gasteiger partial charge in [-0.05, 0) is 54.1 Å². The molecule has 2 aliphatic heterocycles. The number of nitrogens with zero attached hydrogens (tertiary/aromatic N) is 3. The second kappa shape index (κ2) is 7.68. The van der Waals surface area contributed by atoms with Crippen molar-refractivity contribution in [2.45, 2.75) is 31.7 Å². The highest BCUT2D eigenvalue weighted by atomic mass is 32.1. The summed E-state index contributed by atoms with van der Waals surface area (Å²) in [5, 5.41) is 15.5. The van der Waals surface area contributed by atoms with Gasteiger partial charge in [-0.25, -0.2) is 0 Å². The molecule has 1 aromatic heterocycles. The van der Waals surface area contributed by atoms with Gasteiger partial charge in [0.1, 0.15) is 5.69 Å². The summed E-state index contributed by atoms with van der Waals surface area (Å²) in [5.41, 5.74) is 2.05. The second-order valence-corrected chi connectivity index (χ2v) is 8.03. The molecule has 0 aliphatic carbocycles. The van der Waals surface area contributed by atoms with Crippen molar-refractivity contribution < 1.29 is 9.72 Å². The molecule has 4 rings (SSSR count). The third kappa shape index (κ3) is 3.56. The molecule has 0 unspecified atom stereocenters. The Morgan fingerprint density at radius 3 is 2.59 bits per heavy atom. The Bertz CT molecular complexity index is 816. The van der Waals surface area contributed by atoms with Gasteiger partial charge in [0.2, 0.25) is 5.91 Å². The number of carbonyl (C=O) groups excluding carboxylic acids is 1. The van der Waals surface area contributed by atoms with Crippen LogP contribution in [0, 0.1) is 16.0 Å². The van der Waals surface area contributed by atoms with Gasteiger partial charge in [-0.3, -0.25) is 14.9 Å². The Kier molecular flexibility index (Phi) is 5.11. The van der Waals surface area contributed by atoms with Crippen LogP contribution in [0.5, 0.6) is 0 Å². The van der Waals surface area contributed by atoms with E-state index in [2.05, 4.69) is 21.7 Å². The van der Waals surface area contributed by atoms with E-state index in [1.54, 1.807) is 29.5 Å². The lowest BCUT2D eigenvalue weighted by Crippen LogP contribution is -2.42. The van der Waals surface area contributed by atoms with Crippen molar-refractivity contribution in [3.05, 3.63) is 56.8 Å². The third-order valence-corrected chi connectivity index (χ3v) is 6.43. The summed E-state index contributed by atoms with van der Waals surface area (Å²) in [5.74, 6) is 0.272. The smallest absolute Gasteiger partial charge is 0.292 e. The maximum absolute atomic E-state index is 13.1. The van der Waals surface area contributed by atoms with Crippen molar-refractivity contribution in [2.24, 2.45) is 5.92 Å². The van der Waals surface area contributed by atoms with Gasteiger partial charge in [0.15, 0.2) is 0 Å². The highest BCUT2D eigenvalue weighted by Crippen LogP contribution is 2.36. The van der Waals surface area contributed by atoms with E-state index in [-0.39, 0.29) is 28.5 Å². The molecule has 3 heterocycles. The zero-order valence-corrected chi connectivity index (χ0v) is 15.9. The number of benzene rings is 1. The summed E-state index contributed by atoms with van der Waals surface area (Å²) in [6.07, 6.45) is 3.59. The molecule has 2 aromatic rings. The van der Waals surface area contributed by atoms with E-state index in [1.165, 1.54) is 5.56 Å². The number of nitro benzene ring substituents is 1. The van der Waals surface area contributed by atoms with E-state index in [9.17, 15) is 14.9 Å². The molecule has 1 aromatic carbocycles. The Labute approximate surface area is 162 Å². The van der Waals surface area contributed by atoms with E-state index in [0.29, 0.717) is 18.8 Å². The van der Waals surface area contributed by atoms with E-state index in [1.807, 2.05) is 11.0 Å². The number of para-hydroxylation sites is 2. The maximum atomic E-state index is 13.1. The van der Waals surface area contributed by atoms with Crippen LogP contribution < -0.4 is 4.90 Å². The molecule has 142 valence electrons. The van der Waals surface area contributed by atoms with Crippen LogP contribution in [-0.2, 0) is 4.79 Å². The van der Waals surface area contributed by atoms with Crippen molar-refractivity contribution in [3.8, 4) is 0 Å². The first-order valence-corrected chi connectivity index (χ1v) is 10.4. The lowest BCUT2D eigenvalue weighted by atomic mass is 9.94. The predicted octanol–water partition coefficient (Wildman–Crippen LogP) is 4.24. The summed E-state index contributed by atoms with van der Waals surface area (Å²) >= 11 is 1.68. The Morgan fingerprint density at radius 2 is 1.89 bits per heavy atom. The monoisotopic (exact) mass is 385 g/mol.